The Morgan fingerprint density at radius 3 is 1.54 bits per heavy atom. The maximum atomic E-state index is 13.5. The first-order valence-corrected chi connectivity index (χ1v) is 12.8. The standard InChI is InChI=1S/C34H26O7/c1-18(2)33(37)40-30-25-16-10-11-17-26(25)31(41-34(38)19(3)4)32(39-20(5)35)28(30)27-21-12-6-8-14-23(21)29(36)24-15-9-7-13-22(24)27/h6-17,27H,1,3H2,2,4-5H3. The molecule has 0 atom stereocenters. The van der Waals surface area contributed by atoms with Crippen LogP contribution in [0.1, 0.15) is 59.3 Å². The van der Waals surface area contributed by atoms with Crippen LogP contribution in [0.15, 0.2) is 97.1 Å². The highest BCUT2D eigenvalue weighted by Gasteiger charge is 2.39. The number of carbonyl (C=O) groups excluding carboxylic acids is 4. The zero-order chi connectivity index (χ0) is 29.4. The number of rotatable bonds is 6. The fourth-order valence-corrected chi connectivity index (χ4v) is 4.98. The maximum Gasteiger partial charge on any atom is 0.338 e. The zero-order valence-corrected chi connectivity index (χ0v) is 22.8. The molecule has 0 aliphatic heterocycles. The summed E-state index contributed by atoms with van der Waals surface area (Å²) in [6.45, 7) is 11.6. The van der Waals surface area contributed by atoms with Gasteiger partial charge in [-0.1, -0.05) is 86.0 Å². The molecule has 4 aromatic rings. The molecule has 41 heavy (non-hydrogen) atoms. The van der Waals surface area contributed by atoms with Gasteiger partial charge >= 0.3 is 17.9 Å². The van der Waals surface area contributed by atoms with E-state index in [-0.39, 0.29) is 39.7 Å². The van der Waals surface area contributed by atoms with Crippen molar-refractivity contribution in [3.05, 3.63) is 125 Å². The van der Waals surface area contributed by atoms with Crippen molar-refractivity contribution in [2.75, 3.05) is 0 Å². The second kappa shape index (κ2) is 10.7. The lowest BCUT2D eigenvalue weighted by molar-refractivity contribution is -0.133. The van der Waals surface area contributed by atoms with Gasteiger partial charge in [-0.15, -0.1) is 0 Å². The van der Waals surface area contributed by atoms with Crippen LogP contribution in [0.5, 0.6) is 17.2 Å². The number of ether oxygens (including phenoxy) is 3. The lowest BCUT2D eigenvalue weighted by Gasteiger charge is -2.31. The fraction of sp³-hybridized carbons (Fsp3) is 0.118. The molecule has 1 aliphatic rings. The maximum absolute atomic E-state index is 13.5. The van der Waals surface area contributed by atoms with Crippen LogP contribution < -0.4 is 14.2 Å². The highest BCUT2D eigenvalue weighted by Crippen LogP contribution is 2.54. The van der Waals surface area contributed by atoms with E-state index in [9.17, 15) is 19.2 Å². The molecule has 0 saturated carbocycles. The number of ketones is 1. The number of hydrogen-bond donors (Lipinski definition) is 0. The normalized spacial score (nSPS) is 12.2. The zero-order valence-electron chi connectivity index (χ0n) is 22.8. The van der Waals surface area contributed by atoms with E-state index in [1.807, 2.05) is 0 Å². The minimum absolute atomic E-state index is 0.0409. The van der Waals surface area contributed by atoms with Crippen LogP contribution in [-0.4, -0.2) is 23.7 Å². The quantitative estimate of drug-likeness (QED) is 0.137. The molecule has 0 aromatic heterocycles. The van der Waals surface area contributed by atoms with Crippen LogP contribution in [0, 0.1) is 0 Å². The molecular formula is C34H26O7. The number of benzene rings is 4. The van der Waals surface area contributed by atoms with Gasteiger partial charge in [0.15, 0.2) is 17.3 Å². The van der Waals surface area contributed by atoms with Crippen molar-refractivity contribution >= 4 is 34.5 Å². The summed E-state index contributed by atoms with van der Waals surface area (Å²) in [4.78, 5) is 52.0. The summed E-state index contributed by atoms with van der Waals surface area (Å²) in [5.41, 5.74) is 2.60. The molecular weight excluding hydrogens is 520 g/mol. The first kappa shape index (κ1) is 27.3. The summed E-state index contributed by atoms with van der Waals surface area (Å²) in [5.74, 6) is -3.12. The Kier molecular flexibility index (Phi) is 7.11. The Morgan fingerprint density at radius 2 is 1.05 bits per heavy atom. The molecule has 5 rings (SSSR count). The molecule has 7 nitrogen and oxygen atoms in total. The molecule has 4 aromatic carbocycles. The van der Waals surface area contributed by atoms with Gasteiger partial charge in [-0.3, -0.25) is 9.59 Å². The third kappa shape index (κ3) is 4.82. The molecule has 0 fully saturated rings. The van der Waals surface area contributed by atoms with Crippen molar-refractivity contribution in [2.45, 2.75) is 26.7 Å². The average molecular weight is 547 g/mol. The highest BCUT2D eigenvalue weighted by atomic mass is 16.6. The topological polar surface area (TPSA) is 96.0 Å². The number of carbonyl (C=O) groups is 4. The lowest BCUT2D eigenvalue weighted by Crippen LogP contribution is -2.23. The molecule has 0 heterocycles. The summed E-state index contributed by atoms with van der Waals surface area (Å²) in [6.07, 6.45) is 0. The molecule has 0 amide bonds. The lowest BCUT2D eigenvalue weighted by atomic mass is 9.73. The van der Waals surface area contributed by atoms with Gasteiger partial charge in [-0.25, -0.2) is 9.59 Å². The Morgan fingerprint density at radius 1 is 0.610 bits per heavy atom. The van der Waals surface area contributed by atoms with E-state index in [0.29, 0.717) is 33.0 Å². The van der Waals surface area contributed by atoms with E-state index in [2.05, 4.69) is 13.2 Å². The van der Waals surface area contributed by atoms with Crippen molar-refractivity contribution in [1.29, 1.82) is 0 Å². The van der Waals surface area contributed by atoms with Gasteiger partial charge in [0.25, 0.3) is 0 Å². The minimum atomic E-state index is -0.755. The third-order valence-electron chi connectivity index (χ3n) is 6.77. The Hall–Kier alpha value is -5.30. The van der Waals surface area contributed by atoms with Crippen molar-refractivity contribution in [1.82, 2.24) is 0 Å². The Balaban J connectivity index is 1.99. The molecule has 1 aliphatic carbocycles. The smallest absolute Gasteiger partial charge is 0.338 e. The second-order valence-corrected chi connectivity index (χ2v) is 9.82. The predicted molar refractivity (Wildman–Crippen MR) is 153 cm³/mol. The molecule has 0 N–H and O–H groups in total. The number of hydrogen-bond acceptors (Lipinski definition) is 7. The fourth-order valence-electron chi connectivity index (χ4n) is 4.98. The summed E-state index contributed by atoms with van der Waals surface area (Å²) < 4.78 is 17.6. The van der Waals surface area contributed by atoms with Crippen LogP contribution in [-0.2, 0) is 14.4 Å². The van der Waals surface area contributed by atoms with Crippen LogP contribution >= 0.6 is 0 Å². The van der Waals surface area contributed by atoms with Gasteiger partial charge in [0.05, 0.1) is 5.56 Å². The van der Waals surface area contributed by atoms with Crippen LogP contribution in [0.2, 0.25) is 0 Å². The van der Waals surface area contributed by atoms with Gasteiger partial charge in [0.1, 0.15) is 5.75 Å². The van der Waals surface area contributed by atoms with Gasteiger partial charge in [-0.05, 0) is 25.0 Å². The third-order valence-corrected chi connectivity index (χ3v) is 6.77. The highest BCUT2D eigenvalue weighted by molar-refractivity contribution is 6.13. The monoisotopic (exact) mass is 546 g/mol. The van der Waals surface area contributed by atoms with Gasteiger partial charge in [0, 0.05) is 45.9 Å². The molecule has 0 bridgehead atoms. The summed E-state index contributed by atoms with van der Waals surface area (Å²) >= 11 is 0. The average Bonchev–Trinajstić information content (AvgIpc) is 2.95. The van der Waals surface area contributed by atoms with Crippen LogP contribution in [0.4, 0.5) is 0 Å². The van der Waals surface area contributed by atoms with E-state index in [0.717, 1.165) is 0 Å². The molecule has 0 spiro atoms. The molecule has 0 unspecified atom stereocenters. The number of esters is 3. The van der Waals surface area contributed by atoms with Gasteiger partial charge in [-0.2, -0.15) is 0 Å². The minimum Gasteiger partial charge on any atom is -0.422 e. The first-order valence-electron chi connectivity index (χ1n) is 12.8. The molecule has 0 radical (unpaired) electrons. The summed E-state index contributed by atoms with van der Waals surface area (Å²) in [6, 6.07) is 21.0. The van der Waals surface area contributed by atoms with Gasteiger partial charge < -0.3 is 14.2 Å². The summed E-state index contributed by atoms with van der Waals surface area (Å²) in [5, 5.41) is 0.782. The van der Waals surface area contributed by atoms with Crippen molar-refractivity contribution in [2.24, 2.45) is 0 Å². The Labute approximate surface area is 236 Å². The molecule has 0 saturated heterocycles. The SMILES string of the molecule is C=C(C)C(=O)Oc1c(OC(C)=O)c(C2c3ccccc3C(=O)c3ccccc32)c(OC(=O)C(=C)C)c2ccccc12. The predicted octanol–water partition coefficient (Wildman–Crippen LogP) is 6.45. The van der Waals surface area contributed by atoms with Crippen molar-refractivity contribution in [3.63, 3.8) is 0 Å². The van der Waals surface area contributed by atoms with E-state index < -0.39 is 23.8 Å². The van der Waals surface area contributed by atoms with Gasteiger partial charge in [0.2, 0.25) is 0 Å². The molecule has 7 heteroatoms. The number of fused-ring (bicyclic) bond motifs is 3. The van der Waals surface area contributed by atoms with Crippen molar-refractivity contribution in [3.8, 4) is 17.2 Å². The second-order valence-electron chi connectivity index (χ2n) is 9.82. The van der Waals surface area contributed by atoms with Crippen molar-refractivity contribution < 1.29 is 33.4 Å². The first-order chi connectivity index (χ1) is 19.6. The summed E-state index contributed by atoms with van der Waals surface area (Å²) in [7, 11) is 0. The van der Waals surface area contributed by atoms with Crippen LogP contribution in [0.3, 0.4) is 0 Å². The van der Waals surface area contributed by atoms with Crippen LogP contribution in [0.25, 0.3) is 10.8 Å². The van der Waals surface area contributed by atoms with E-state index in [1.165, 1.54) is 20.8 Å². The molecule has 204 valence electrons. The largest absolute Gasteiger partial charge is 0.422 e. The Bertz CT molecular complexity index is 1760. The van der Waals surface area contributed by atoms with E-state index in [4.69, 9.17) is 14.2 Å². The van der Waals surface area contributed by atoms with E-state index >= 15 is 0 Å². The van der Waals surface area contributed by atoms with E-state index in [1.54, 1.807) is 72.8 Å².